The van der Waals surface area contributed by atoms with Gasteiger partial charge in [0.25, 0.3) is 0 Å². The van der Waals surface area contributed by atoms with Crippen LogP contribution in [-0.4, -0.2) is 12.0 Å². The van der Waals surface area contributed by atoms with Gasteiger partial charge >= 0.3 is 0 Å². The smallest absolute Gasteiger partial charge is 0.124 e. The number of rotatable bonds is 4. The first-order chi connectivity index (χ1) is 8.70. The average Bonchev–Trinajstić information content (AvgIpc) is 2.39. The number of hydrogen-bond donors (Lipinski definition) is 1. The van der Waals surface area contributed by atoms with E-state index in [1.807, 2.05) is 25.4 Å². The highest BCUT2D eigenvalue weighted by Gasteiger charge is 2.12. The van der Waals surface area contributed by atoms with Crippen LogP contribution >= 0.6 is 11.6 Å². The summed E-state index contributed by atoms with van der Waals surface area (Å²) in [5, 5.41) is 3.67. The maximum Gasteiger partial charge on any atom is 0.124 e. The molecule has 0 aliphatic rings. The molecule has 94 valence electrons. The van der Waals surface area contributed by atoms with Crippen molar-refractivity contribution in [3.8, 4) is 0 Å². The van der Waals surface area contributed by atoms with Crippen molar-refractivity contribution < 1.29 is 4.39 Å². The molecule has 2 rings (SSSR count). The maximum absolute atomic E-state index is 13.0. The molecule has 1 N–H and O–H groups in total. The van der Waals surface area contributed by atoms with Crippen LogP contribution in [0.25, 0.3) is 0 Å². The second kappa shape index (κ2) is 5.94. The van der Waals surface area contributed by atoms with Gasteiger partial charge in [0.05, 0.1) is 0 Å². The summed E-state index contributed by atoms with van der Waals surface area (Å²) in [4.78, 5) is 4.10. The summed E-state index contributed by atoms with van der Waals surface area (Å²) < 4.78 is 13.0. The van der Waals surface area contributed by atoms with Gasteiger partial charge in [-0.2, -0.15) is 0 Å². The van der Waals surface area contributed by atoms with Crippen molar-refractivity contribution >= 4 is 11.6 Å². The molecule has 0 spiro atoms. The predicted octanol–water partition coefficient (Wildman–Crippen LogP) is 3.38. The van der Waals surface area contributed by atoms with E-state index >= 15 is 0 Å². The van der Waals surface area contributed by atoms with Crippen LogP contribution < -0.4 is 5.32 Å². The fraction of sp³-hybridized carbons (Fsp3) is 0.214. The van der Waals surface area contributed by atoms with Crippen molar-refractivity contribution in [1.29, 1.82) is 0 Å². The van der Waals surface area contributed by atoms with Gasteiger partial charge in [0, 0.05) is 23.5 Å². The Morgan fingerprint density at radius 1 is 1.39 bits per heavy atom. The van der Waals surface area contributed by atoms with E-state index in [4.69, 9.17) is 11.6 Å². The summed E-state index contributed by atoms with van der Waals surface area (Å²) in [6.45, 7) is 0. The SMILES string of the molecule is CNC(Cc1ccc(F)cc1Cl)c1cccnc1. The molecule has 0 amide bonds. The minimum absolute atomic E-state index is 0.113. The Balaban J connectivity index is 2.21. The molecule has 0 radical (unpaired) electrons. The van der Waals surface area contributed by atoms with Crippen LogP contribution in [0.2, 0.25) is 5.02 Å². The Morgan fingerprint density at radius 2 is 2.22 bits per heavy atom. The Bertz CT molecular complexity index is 516. The lowest BCUT2D eigenvalue weighted by molar-refractivity contribution is 0.587. The zero-order valence-corrected chi connectivity index (χ0v) is 10.8. The van der Waals surface area contributed by atoms with Crippen molar-refractivity contribution in [2.45, 2.75) is 12.5 Å². The van der Waals surface area contributed by atoms with Crippen LogP contribution in [0.3, 0.4) is 0 Å². The fourth-order valence-electron chi connectivity index (χ4n) is 1.88. The second-order valence-electron chi connectivity index (χ2n) is 4.07. The van der Waals surface area contributed by atoms with Gasteiger partial charge in [-0.15, -0.1) is 0 Å². The average molecular weight is 265 g/mol. The van der Waals surface area contributed by atoms with Gasteiger partial charge in [-0.3, -0.25) is 4.98 Å². The number of pyridine rings is 1. The summed E-state index contributed by atoms with van der Waals surface area (Å²) in [5.74, 6) is -0.314. The van der Waals surface area contributed by atoms with Gasteiger partial charge in [-0.25, -0.2) is 4.39 Å². The van der Waals surface area contributed by atoms with Gasteiger partial charge < -0.3 is 5.32 Å². The van der Waals surface area contributed by atoms with Gasteiger partial charge in [0.1, 0.15) is 5.82 Å². The fourth-order valence-corrected chi connectivity index (χ4v) is 2.12. The van der Waals surface area contributed by atoms with Gasteiger partial charge in [0.15, 0.2) is 0 Å². The predicted molar refractivity (Wildman–Crippen MR) is 71.2 cm³/mol. The summed E-state index contributed by atoms with van der Waals surface area (Å²) in [6, 6.07) is 8.50. The van der Waals surface area contributed by atoms with E-state index in [9.17, 15) is 4.39 Å². The van der Waals surface area contributed by atoms with Crippen LogP contribution in [0.4, 0.5) is 4.39 Å². The van der Waals surface area contributed by atoms with E-state index in [0.29, 0.717) is 11.4 Å². The monoisotopic (exact) mass is 264 g/mol. The number of nitrogens with one attached hydrogen (secondary N) is 1. The molecule has 0 saturated heterocycles. The van der Waals surface area contributed by atoms with Crippen molar-refractivity contribution in [3.63, 3.8) is 0 Å². The quantitative estimate of drug-likeness (QED) is 0.916. The Hall–Kier alpha value is -1.45. The summed E-state index contributed by atoms with van der Waals surface area (Å²) in [5.41, 5.74) is 2.00. The highest BCUT2D eigenvalue weighted by atomic mass is 35.5. The van der Waals surface area contributed by atoms with Crippen molar-refractivity contribution in [2.75, 3.05) is 7.05 Å². The number of benzene rings is 1. The number of likely N-dealkylation sites (N-methyl/N-ethyl adjacent to an activating group) is 1. The molecule has 0 saturated carbocycles. The molecule has 4 heteroatoms. The molecule has 2 aromatic rings. The first-order valence-corrected chi connectivity index (χ1v) is 6.09. The first kappa shape index (κ1) is 13.0. The van der Waals surface area contributed by atoms with E-state index in [-0.39, 0.29) is 11.9 Å². The van der Waals surface area contributed by atoms with E-state index in [0.717, 1.165) is 11.1 Å². The summed E-state index contributed by atoms with van der Waals surface area (Å²) in [7, 11) is 1.88. The Morgan fingerprint density at radius 3 is 2.83 bits per heavy atom. The van der Waals surface area contributed by atoms with E-state index < -0.39 is 0 Å². The third-order valence-corrected chi connectivity index (χ3v) is 3.23. The zero-order valence-electron chi connectivity index (χ0n) is 10.0. The second-order valence-corrected chi connectivity index (χ2v) is 4.47. The standard InChI is InChI=1S/C14H14ClFN2/c1-17-14(11-3-2-6-18-9-11)7-10-4-5-12(16)8-13(10)15/h2-6,8-9,14,17H,7H2,1H3. The summed E-state index contributed by atoms with van der Waals surface area (Å²) in [6.07, 6.45) is 4.25. The maximum atomic E-state index is 13.0. The van der Waals surface area contributed by atoms with Crippen LogP contribution in [0.1, 0.15) is 17.2 Å². The highest BCUT2D eigenvalue weighted by molar-refractivity contribution is 6.31. The van der Waals surface area contributed by atoms with E-state index in [2.05, 4.69) is 10.3 Å². The van der Waals surface area contributed by atoms with Gasteiger partial charge in [0.2, 0.25) is 0 Å². The molecular weight excluding hydrogens is 251 g/mol. The van der Waals surface area contributed by atoms with E-state index in [1.54, 1.807) is 12.3 Å². The van der Waals surface area contributed by atoms with Gasteiger partial charge in [-0.1, -0.05) is 23.7 Å². The van der Waals surface area contributed by atoms with Crippen LogP contribution in [0.15, 0.2) is 42.7 Å². The molecule has 1 unspecified atom stereocenters. The highest BCUT2D eigenvalue weighted by Crippen LogP contribution is 2.23. The molecule has 1 atom stereocenters. The molecule has 1 aromatic carbocycles. The topological polar surface area (TPSA) is 24.9 Å². The molecule has 2 nitrogen and oxygen atoms in total. The lowest BCUT2D eigenvalue weighted by atomic mass is 10.0. The molecule has 1 aromatic heterocycles. The van der Waals surface area contributed by atoms with Gasteiger partial charge in [-0.05, 0) is 42.8 Å². The van der Waals surface area contributed by atoms with Crippen molar-refractivity contribution in [3.05, 3.63) is 64.7 Å². The first-order valence-electron chi connectivity index (χ1n) is 5.72. The third kappa shape index (κ3) is 3.06. The van der Waals surface area contributed by atoms with Crippen LogP contribution in [-0.2, 0) is 6.42 Å². The molecule has 1 heterocycles. The van der Waals surface area contributed by atoms with Crippen molar-refractivity contribution in [1.82, 2.24) is 10.3 Å². The number of aromatic nitrogens is 1. The zero-order chi connectivity index (χ0) is 13.0. The molecule has 0 aliphatic carbocycles. The Kier molecular flexibility index (Phi) is 4.28. The minimum atomic E-state index is -0.314. The number of hydrogen-bond acceptors (Lipinski definition) is 2. The molecule has 0 aliphatic heterocycles. The largest absolute Gasteiger partial charge is 0.313 e. The summed E-state index contributed by atoms with van der Waals surface area (Å²) >= 11 is 6.03. The Labute approximate surface area is 111 Å². The van der Waals surface area contributed by atoms with Crippen LogP contribution in [0, 0.1) is 5.82 Å². The molecule has 0 fully saturated rings. The number of nitrogens with zero attached hydrogens (tertiary/aromatic N) is 1. The third-order valence-electron chi connectivity index (χ3n) is 2.87. The molecule has 18 heavy (non-hydrogen) atoms. The minimum Gasteiger partial charge on any atom is -0.313 e. The van der Waals surface area contributed by atoms with Crippen LogP contribution in [0.5, 0.6) is 0 Å². The lowest BCUT2D eigenvalue weighted by Gasteiger charge is -2.17. The normalized spacial score (nSPS) is 12.4. The van der Waals surface area contributed by atoms with Crippen molar-refractivity contribution in [2.24, 2.45) is 0 Å². The molecular formula is C14H14ClFN2. The van der Waals surface area contributed by atoms with E-state index in [1.165, 1.54) is 12.1 Å². The number of halogens is 2. The lowest BCUT2D eigenvalue weighted by Crippen LogP contribution is -2.19. The molecule has 0 bridgehead atoms.